The van der Waals surface area contributed by atoms with E-state index >= 15 is 0 Å². The maximum Gasteiger partial charge on any atom is 0.287 e. The van der Waals surface area contributed by atoms with Crippen molar-refractivity contribution in [2.45, 2.75) is 50.1 Å². The van der Waals surface area contributed by atoms with Gasteiger partial charge in [0.15, 0.2) is 11.5 Å². The lowest BCUT2D eigenvalue weighted by atomic mass is 10.0. The number of sulfonamides is 1. The van der Waals surface area contributed by atoms with Gasteiger partial charge in [0.25, 0.3) is 21.8 Å². The molecule has 4 rings (SSSR count). The van der Waals surface area contributed by atoms with Gasteiger partial charge in [-0.05, 0) is 56.0 Å². The highest BCUT2D eigenvalue weighted by atomic mass is 32.2. The Kier molecular flexibility index (Phi) is 8.71. The number of methoxy groups -OCH3 is 1. The van der Waals surface area contributed by atoms with E-state index in [2.05, 4.69) is 10.6 Å². The Morgan fingerprint density at radius 3 is 2.64 bits per heavy atom. The van der Waals surface area contributed by atoms with Crippen molar-refractivity contribution in [1.82, 2.24) is 14.9 Å². The van der Waals surface area contributed by atoms with Gasteiger partial charge in [0.05, 0.1) is 18.6 Å². The number of furan rings is 1. The fourth-order valence-corrected chi connectivity index (χ4v) is 6.31. The van der Waals surface area contributed by atoms with E-state index in [9.17, 15) is 22.8 Å². The van der Waals surface area contributed by atoms with Crippen molar-refractivity contribution in [2.75, 3.05) is 20.2 Å². The number of amides is 2. The molecule has 2 atom stereocenters. The lowest BCUT2D eigenvalue weighted by molar-refractivity contribution is -0.135. The van der Waals surface area contributed by atoms with Crippen LogP contribution in [-0.4, -0.2) is 62.6 Å². The first kappa shape index (κ1) is 28.3. The van der Waals surface area contributed by atoms with Crippen LogP contribution in [0.2, 0.25) is 0 Å². The van der Waals surface area contributed by atoms with Crippen molar-refractivity contribution < 1.29 is 32.0 Å². The summed E-state index contributed by atoms with van der Waals surface area (Å²) < 4.78 is 39.5. The number of ketones is 1. The number of para-hydroxylation sites is 1. The molecule has 3 aromatic rings. The minimum atomic E-state index is -4.50. The molecule has 2 heterocycles. The second-order valence-electron chi connectivity index (χ2n) is 9.92. The zero-order valence-electron chi connectivity index (χ0n) is 22.2. The largest absolute Gasteiger partial charge is 0.497 e. The molecule has 1 aromatic heterocycles. The average Bonchev–Trinajstić information content (AvgIpc) is 3.25. The smallest absolute Gasteiger partial charge is 0.287 e. The fraction of sp³-hybridized carbons (Fsp3) is 0.393. The topological polar surface area (TPSA) is 135 Å². The summed E-state index contributed by atoms with van der Waals surface area (Å²) in [5, 5.41) is 6.37. The van der Waals surface area contributed by atoms with Crippen LogP contribution in [0.25, 0.3) is 11.0 Å². The van der Waals surface area contributed by atoms with E-state index in [-0.39, 0.29) is 41.7 Å². The molecule has 0 aliphatic carbocycles. The molecule has 1 fully saturated rings. The normalized spacial score (nSPS) is 17.0. The molecular weight excluding hydrogens is 522 g/mol. The van der Waals surface area contributed by atoms with Gasteiger partial charge in [-0.15, -0.1) is 0 Å². The molecule has 1 aliphatic rings. The van der Waals surface area contributed by atoms with Crippen LogP contribution in [0.1, 0.15) is 43.7 Å². The summed E-state index contributed by atoms with van der Waals surface area (Å²) in [6.45, 7) is 4.16. The average molecular weight is 556 g/mol. The summed E-state index contributed by atoms with van der Waals surface area (Å²) in [5.74, 6) is -1.75. The molecular formula is C28H33N3O7S. The molecule has 11 heteroatoms. The van der Waals surface area contributed by atoms with Crippen molar-refractivity contribution >= 4 is 38.6 Å². The maximum atomic E-state index is 14.1. The van der Waals surface area contributed by atoms with Gasteiger partial charge in [-0.3, -0.25) is 14.4 Å². The number of ether oxygens (including phenoxy) is 1. The molecule has 0 spiro atoms. The Bertz CT molecular complexity index is 1430. The molecule has 1 saturated heterocycles. The molecule has 1 unspecified atom stereocenters. The second-order valence-corrected chi connectivity index (χ2v) is 11.7. The second kappa shape index (κ2) is 12.0. The van der Waals surface area contributed by atoms with E-state index in [0.29, 0.717) is 28.2 Å². The highest BCUT2D eigenvalue weighted by Crippen LogP contribution is 2.27. The number of hydrogen-bond acceptors (Lipinski definition) is 8. The van der Waals surface area contributed by atoms with Crippen LogP contribution in [0, 0.1) is 5.92 Å². The Labute approximate surface area is 227 Å². The monoisotopic (exact) mass is 555 g/mol. The van der Waals surface area contributed by atoms with Crippen molar-refractivity contribution in [3.63, 3.8) is 0 Å². The summed E-state index contributed by atoms with van der Waals surface area (Å²) >= 11 is 0. The van der Waals surface area contributed by atoms with E-state index in [1.165, 1.54) is 25.3 Å². The van der Waals surface area contributed by atoms with Crippen LogP contribution in [-0.2, 0) is 19.6 Å². The third-order valence-electron chi connectivity index (χ3n) is 6.56. The number of nitrogens with one attached hydrogen (secondary N) is 2. The SMILES string of the molecule is COc1cccc(S(=O)(=O)N(C(=O)[C@H](CC(C)C)NC(=O)c2cc3ccccc3o2)C2CCCNCC2=O)c1. The summed E-state index contributed by atoms with van der Waals surface area (Å²) in [6.07, 6.45) is 0.800. The molecule has 2 aromatic carbocycles. The lowest BCUT2D eigenvalue weighted by Crippen LogP contribution is -2.56. The van der Waals surface area contributed by atoms with E-state index in [0.717, 1.165) is 0 Å². The minimum absolute atomic E-state index is 0.00491. The lowest BCUT2D eigenvalue weighted by Gasteiger charge is -2.33. The van der Waals surface area contributed by atoms with Crippen molar-refractivity contribution in [1.29, 1.82) is 0 Å². The molecule has 2 N–H and O–H groups in total. The van der Waals surface area contributed by atoms with Crippen LogP contribution in [0.15, 0.2) is 63.9 Å². The molecule has 0 bridgehead atoms. The standard InChI is InChI=1S/C28H33N3O7S/c1-18(2)14-22(30-27(33)26-15-19-8-4-5-12-25(19)38-26)28(34)31(23-11-7-13-29-17-24(23)32)39(35,36)21-10-6-9-20(16-21)37-3/h4-6,8-10,12,15-16,18,22-23,29H,7,11,13-14,17H2,1-3H3,(H,30,33)/t22-,23?/m0/s1. The van der Waals surface area contributed by atoms with Gasteiger partial charge in [0, 0.05) is 11.5 Å². The number of Topliss-reactive ketones (excluding diaryl/α,β-unsaturated/α-hetero) is 1. The first-order valence-electron chi connectivity index (χ1n) is 12.9. The number of nitrogens with zero attached hydrogens (tertiary/aromatic N) is 1. The zero-order valence-corrected chi connectivity index (χ0v) is 23.0. The fourth-order valence-electron chi connectivity index (χ4n) is 4.64. The summed E-state index contributed by atoms with van der Waals surface area (Å²) in [7, 11) is -3.10. The summed E-state index contributed by atoms with van der Waals surface area (Å²) in [5.41, 5.74) is 0.508. The van der Waals surface area contributed by atoms with E-state index in [1.807, 2.05) is 19.9 Å². The predicted octanol–water partition coefficient (Wildman–Crippen LogP) is 3.12. The number of rotatable bonds is 9. The van der Waals surface area contributed by atoms with Crippen molar-refractivity contribution in [3.8, 4) is 5.75 Å². The minimum Gasteiger partial charge on any atom is -0.497 e. The maximum absolute atomic E-state index is 14.1. The number of carbonyl (C=O) groups is 3. The van der Waals surface area contributed by atoms with Gasteiger partial charge in [0.2, 0.25) is 0 Å². The van der Waals surface area contributed by atoms with Gasteiger partial charge in [-0.1, -0.05) is 38.1 Å². The highest BCUT2D eigenvalue weighted by Gasteiger charge is 2.43. The van der Waals surface area contributed by atoms with Gasteiger partial charge in [0.1, 0.15) is 23.4 Å². The van der Waals surface area contributed by atoms with Crippen LogP contribution < -0.4 is 15.4 Å². The first-order chi connectivity index (χ1) is 18.6. The van der Waals surface area contributed by atoms with E-state index < -0.39 is 39.7 Å². The summed E-state index contributed by atoms with van der Waals surface area (Å²) in [6, 6.07) is 12.0. The molecule has 39 heavy (non-hydrogen) atoms. The molecule has 0 radical (unpaired) electrons. The number of benzene rings is 2. The Balaban J connectivity index is 1.74. The van der Waals surface area contributed by atoms with E-state index in [4.69, 9.17) is 9.15 Å². The number of carbonyl (C=O) groups excluding carboxylic acids is 3. The molecule has 10 nitrogen and oxygen atoms in total. The van der Waals surface area contributed by atoms with Crippen molar-refractivity contribution in [3.05, 3.63) is 60.4 Å². The summed E-state index contributed by atoms with van der Waals surface area (Å²) in [4.78, 5) is 40.3. The molecule has 1 aliphatic heterocycles. The van der Waals surface area contributed by atoms with Crippen LogP contribution in [0.3, 0.4) is 0 Å². The Hall–Kier alpha value is -3.70. The number of fused-ring (bicyclic) bond motifs is 1. The zero-order chi connectivity index (χ0) is 28.2. The predicted molar refractivity (Wildman–Crippen MR) is 145 cm³/mol. The van der Waals surface area contributed by atoms with Crippen LogP contribution >= 0.6 is 0 Å². The van der Waals surface area contributed by atoms with Gasteiger partial charge >= 0.3 is 0 Å². The van der Waals surface area contributed by atoms with Gasteiger partial charge < -0.3 is 19.8 Å². The third kappa shape index (κ3) is 6.31. The molecule has 2 amide bonds. The third-order valence-corrected chi connectivity index (χ3v) is 8.36. The molecule has 0 saturated carbocycles. The van der Waals surface area contributed by atoms with Crippen LogP contribution in [0.4, 0.5) is 0 Å². The van der Waals surface area contributed by atoms with Gasteiger partial charge in [-0.2, -0.15) is 0 Å². The Morgan fingerprint density at radius 1 is 1.15 bits per heavy atom. The van der Waals surface area contributed by atoms with Crippen molar-refractivity contribution in [2.24, 2.45) is 5.92 Å². The van der Waals surface area contributed by atoms with Gasteiger partial charge in [-0.25, -0.2) is 12.7 Å². The number of hydrogen-bond donors (Lipinski definition) is 2. The quantitative estimate of drug-likeness (QED) is 0.411. The van der Waals surface area contributed by atoms with E-state index in [1.54, 1.807) is 30.3 Å². The Morgan fingerprint density at radius 2 is 1.92 bits per heavy atom. The highest BCUT2D eigenvalue weighted by molar-refractivity contribution is 7.89. The van der Waals surface area contributed by atoms with Crippen LogP contribution in [0.5, 0.6) is 5.75 Å². The first-order valence-corrected chi connectivity index (χ1v) is 14.3. The molecule has 208 valence electrons.